The molecule has 2 heterocycles. The highest BCUT2D eigenvalue weighted by Gasteiger charge is 2.21. The number of hydrogen-bond acceptors (Lipinski definition) is 4. The molecule has 2 rings (SSSR count). The van der Waals surface area contributed by atoms with E-state index in [1.54, 1.807) is 0 Å². The van der Waals surface area contributed by atoms with Crippen LogP contribution in [-0.2, 0) is 11.3 Å². The smallest absolute Gasteiger partial charge is 0.128 e. The van der Waals surface area contributed by atoms with Gasteiger partial charge in [0.2, 0.25) is 0 Å². The summed E-state index contributed by atoms with van der Waals surface area (Å²) in [6.45, 7) is 9.07. The zero-order valence-electron chi connectivity index (χ0n) is 12.4. The standard InChI is InChI=1S/C15H25N3O/c1-15(2,3)17-10-12-5-7-16-14(9-12)18(4)13-6-8-19-11-13/h5,7,9,13,17H,6,8,10-11H2,1-4H3. The third kappa shape index (κ3) is 4.18. The lowest BCUT2D eigenvalue weighted by molar-refractivity contribution is 0.193. The third-order valence-corrected chi connectivity index (χ3v) is 3.45. The molecular weight excluding hydrogens is 238 g/mol. The van der Waals surface area contributed by atoms with Gasteiger partial charge in [0, 0.05) is 31.9 Å². The molecule has 0 saturated carbocycles. The summed E-state index contributed by atoms with van der Waals surface area (Å²) in [7, 11) is 2.10. The van der Waals surface area contributed by atoms with Crippen LogP contribution in [0.3, 0.4) is 0 Å². The maximum Gasteiger partial charge on any atom is 0.128 e. The number of rotatable bonds is 4. The number of hydrogen-bond donors (Lipinski definition) is 1. The normalized spacial score (nSPS) is 19.7. The first-order chi connectivity index (χ1) is 8.96. The van der Waals surface area contributed by atoms with E-state index in [9.17, 15) is 0 Å². The van der Waals surface area contributed by atoms with E-state index in [0.717, 1.165) is 32.0 Å². The Morgan fingerprint density at radius 2 is 2.26 bits per heavy atom. The van der Waals surface area contributed by atoms with Crippen LogP contribution in [0.25, 0.3) is 0 Å². The molecule has 1 aliphatic rings. The van der Waals surface area contributed by atoms with Gasteiger partial charge in [-0.25, -0.2) is 4.98 Å². The highest BCUT2D eigenvalue weighted by Crippen LogP contribution is 2.19. The van der Waals surface area contributed by atoms with Gasteiger partial charge >= 0.3 is 0 Å². The van der Waals surface area contributed by atoms with Crippen molar-refractivity contribution >= 4 is 5.82 Å². The summed E-state index contributed by atoms with van der Waals surface area (Å²) in [5, 5.41) is 3.50. The maximum atomic E-state index is 5.44. The van der Waals surface area contributed by atoms with Gasteiger partial charge in [0.05, 0.1) is 12.6 Å². The Morgan fingerprint density at radius 1 is 1.47 bits per heavy atom. The van der Waals surface area contributed by atoms with Gasteiger partial charge in [-0.2, -0.15) is 0 Å². The molecule has 1 aromatic heterocycles. The van der Waals surface area contributed by atoms with Gasteiger partial charge in [0.1, 0.15) is 5.82 Å². The van der Waals surface area contributed by atoms with E-state index in [4.69, 9.17) is 4.74 Å². The van der Waals surface area contributed by atoms with E-state index in [-0.39, 0.29) is 5.54 Å². The van der Waals surface area contributed by atoms with Crippen molar-refractivity contribution in [2.45, 2.75) is 45.3 Å². The van der Waals surface area contributed by atoms with Gasteiger partial charge in [0.15, 0.2) is 0 Å². The maximum absolute atomic E-state index is 5.44. The lowest BCUT2D eigenvalue weighted by atomic mass is 10.1. The van der Waals surface area contributed by atoms with Gasteiger partial charge in [-0.15, -0.1) is 0 Å². The molecule has 0 aromatic carbocycles. The molecule has 106 valence electrons. The molecule has 1 unspecified atom stereocenters. The molecule has 1 saturated heterocycles. The van der Waals surface area contributed by atoms with Crippen LogP contribution in [-0.4, -0.2) is 36.8 Å². The second kappa shape index (κ2) is 5.88. The number of anilines is 1. The first-order valence-corrected chi connectivity index (χ1v) is 6.96. The fraction of sp³-hybridized carbons (Fsp3) is 0.667. The zero-order chi connectivity index (χ0) is 13.9. The molecule has 1 aliphatic heterocycles. The van der Waals surface area contributed by atoms with Crippen molar-refractivity contribution in [2.24, 2.45) is 0 Å². The minimum Gasteiger partial charge on any atom is -0.379 e. The minimum absolute atomic E-state index is 0.134. The molecule has 19 heavy (non-hydrogen) atoms. The third-order valence-electron chi connectivity index (χ3n) is 3.45. The Labute approximate surface area is 116 Å². The van der Waals surface area contributed by atoms with E-state index in [2.05, 4.69) is 55.2 Å². The number of nitrogens with one attached hydrogen (secondary N) is 1. The lowest BCUT2D eigenvalue weighted by Gasteiger charge is -2.25. The van der Waals surface area contributed by atoms with Gasteiger partial charge in [-0.3, -0.25) is 0 Å². The molecule has 1 atom stereocenters. The summed E-state index contributed by atoms with van der Waals surface area (Å²) < 4.78 is 5.44. The molecule has 0 amide bonds. The van der Waals surface area contributed by atoms with E-state index in [0.29, 0.717) is 6.04 Å². The summed E-state index contributed by atoms with van der Waals surface area (Å²) >= 11 is 0. The highest BCUT2D eigenvalue weighted by atomic mass is 16.5. The number of ether oxygens (including phenoxy) is 1. The van der Waals surface area contributed by atoms with Crippen molar-refractivity contribution in [3.8, 4) is 0 Å². The second-order valence-electron chi connectivity index (χ2n) is 6.25. The number of aromatic nitrogens is 1. The van der Waals surface area contributed by atoms with E-state index >= 15 is 0 Å². The van der Waals surface area contributed by atoms with Crippen LogP contribution in [0.15, 0.2) is 18.3 Å². The highest BCUT2D eigenvalue weighted by molar-refractivity contribution is 5.41. The average molecular weight is 263 g/mol. The summed E-state index contributed by atoms with van der Waals surface area (Å²) in [5.41, 5.74) is 1.40. The number of likely N-dealkylation sites (N-methyl/N-ethyl adjacent to an activating group) is 1. The molecular formula is C15H25N3O. The Bertz CT molecular complexity index is 408. The quantitative estimate of drug-likeness (QED) is 0.903. The first kappa shape index (κ1) is 14.3. The van der Waals surface area contributed by atoms with Crippen molar-refractivity contribution in [3.63, 3.8) is 0 Å². The molecule has 4 nitrogen and oxygen atoms in total. The van der Waals surface area contributed by atoms with Gasteiger partial charge in [0.25, 0.3) is 0 Å². The molecule has 0 bridgehead atoms. The molecule has 0 spiro atoms. The van der Waals surface area contributed by atoms with Crippen molar-refractivity contribution < 1.29 is 4.74 Å². The number of nitrogens with zero attached hydrogens (tertiary/aromatic N) is 2. The van der Waals surface area contributed by atoms with Crippen molar-refractivity contribution in [1.82, 2.24) is 10.3 Å². The monoisotopic (exact) mass is 263 g/mol. The molecule has 1 N–H and O–H groups in total. The number of pyridine rings is 1. The van der Waals surface area contributed by atoms with E-state index in [1.807, 2.05) is 6.20 Å². The summed E-state index contributed by atoms with van der Waals surface area (Å²) in [4.78, 5) is 6.70. The fourth-order valence-corrected chi connectivity index (χ4v) is 2.15. The topological polar surface area (TPSA) is 37.4 Å². The summed E-state index contributed by atoms with van der Waals surface area (Å²) in [5.74, 6) is 1.03. The van der Waals surface area contributed by atoms with Crippen LogP contribution in [0.2, 0.25) is 0 Å². The predicted octanol–water partition coefficient (Wildman–Crippen LogP) is 2.19. The van der Waals surface area contributed by atoms with Crippen molar-refractivity contribution in [2.75, 3.05) is 25.2 Å². The summed E-state index contributed by atoms with van der Waals surface area (Å²) in [6.07, 6.45) is 2.98. The van der Waals surface area contributed by atoms with Gasteiger partial charge in [-0.05, 0) is 44.9 Å². The zero-order valence-corrected chi connectivity index (χ0v) is 12.4. The van der Waals surface area contributed by atoms with Crippen LogP contribution in [0, 0.1) is 0 Å². The average Bonchev–Trinajstić information content (AvgIpc) is 2.89. The molecule has 0 radical (unpaired) electrons. The largest absolute Gasteiger partial charge is 0.379 e. The Kier molecular flexibility index (Phi) is 4.42. The Hall–Kier alpha value is -1.13. The van der Waals surface area contributed by atoms with Crippen molar-refractivity contribution in [1.29, 1.82) is 0 Å². The SMILES string of the molecule is CN(c1cc(CNC(C)(C)C)ccn1)C1CCOC1. The van der Waals surface area contributed by atoms with E-state index in [1.165, 1.54) is 5.56 Å². The van der Waals surface area contributed by atoms with Gasteiger partial charge in [-0.1, -0.05) is 0 Å². The van der Waals surface area contributed by atoms with E-state index < -0.39 is 0 Å². The van der Waals surface area contributed by atoms with Crippen LogP contribution in [0.4, 0.5) is 5.82 Å². The Balaban J connectivity index is 2.01. The van der Waals surface area contributed by atoms with Crippen LogP contribution in [0.1, 0.15) is 32.8 Å². The molecule has 1 aromatic rings. The summed E-state index contributed by atoms with van der Waals surface area (Å²) in [6, 6.07) is 4.69. The van der Waals surface area contributed by atoms with Crippen LogP contribution < -0.4 is 10.2 Å². The molecule has 1 fully saturated rings. The minimum atomic E-state index is 0.134. The Morgan fingerprint density at radius 3 is 2.89 bits per heavy atom. The lowest BCUT2D eigenvalue weighted by Crippen LogP contribution is -2.35. The molecule has 4 heteroatoms. The van der Waals surface area contributed by atoms with Crippen molar-refractivity contribution in [3.05, 3.63) is 23.9 Å². The fourth-order valence-electron chi connectivity index (χ4n) is 2.15. The first-order valence-electron chi connectivity index (χ1n) is 6.96. The molecule has 0 aliphatic carbocycles. The predicted molar refractivity (Wildman–Crippen MR) is 78.5 cm³/mol. The van der Waals surface area contributed by atoms with Crippen LogP contribution >= 0.6 is 0 Å². The second-order valence-corrected chi connectivity index (χ2v) is 6.25. The van der Waals surface area contributed by atoms with Crippen LogP contribution in [0.5, 0.6) is 0 Å². The van der Waals surface area contributed by atoms with Gasteiger partial charge < -0.3 is 15.0 Å².